The van der Waals surface area contributed by atoms with E-state index in [2.05, 4.69) is 15.6 Å². The molecular formula is C16H18FN3OS. The van der Waals surface area contributed by atoms with Gasteiger partial charge in [0, 0.05) is 24.4 Å². The summed E-state index contributed by atoms with van der Waals surface area (Å²) in [6.45, 7) is 1.84. The van der Waals surface area contributed by atoms with Crippen LogP contribution in [0.5, 0.6) is 0 Å². The Labute approximate surface area is 132 Å². The van der Waals surface area contributed by atoms with Crippen molar-refractivity contribution in [3.8, 4) is 0 Å². The van der Waals surface area contributed by atoms with E-state index in [1.165, 1.54) is 23.5 Å². The molecule has 0 radical (unpaired) electrons. The molecule has 4 nitrogen and oxygen atoms in total. The number of carbonyl (C=O) groups is 1. The molecule has 1 fully saturated rings. The highest BCUT2D eigenvalue weighted by atomic mass is 32.1. The molecule has 1 amide bonds. The van der Waals surface area contributed by atoms with Gasteiger partial charge < -0.3 is 10.6 Å². The van der Waals surface area contributed by atoms with Gasteiger partial charge in [0.05, 0.1) is 5.01 Å². The molecule has 2 aromatic rings. The second-order valence-electron chi connectivity index (χ2n) is 5.45. The number of hydrogen-bond donors (Lipinski definition) is 2. The van der Waals surface area contributed by atoms with Gasteiger partial charge in [0.15, 0.2) is 0 Å². The normalized spacial score (nSPS) is 18.1. The first-order valence-electron chi connectivity index (χ1n) is 7.41. The number of rotatable bonds is 4. The van der Waals surface area contributed by atoms with E-state index in [9.17, 15) is 9.18 Å². The van der Waals surface area contributed by atoms with Gasteiger partial charge in [-0.05, 0) is 37.1 Å². The average Bonchev–Trinajstić information content (AvgIpc) is 2.99. The van der Waals surface area contributed by atoms with E-state index in [1.54, 1.807) is 17.5 Å². The van der Waals surface area contributed by atoms with Gasteiger partial charge in [0.2, 0.25) is 0 Å². The first-order valence-corrected chi connectivity index (χ1v) is 8.29. The van der Waals surface area contributed by atoms with E-state index < -0.39 is 0 Å². The summed E-state index contributed by atoms with van der Waals surface area (Å²) in [7, 11) is 0. The first-order chi connectivity index (χ1) is 10.7. The number of piperidine rings is 1. The van der Waals surface area contributed by atoms with Gasteiger partial charge in [-0.2, -0.15) is 0 Å². The van der Waals surface area contributed by atoms with Crippen LogP contribution in [0.25, 0.3) is 0 Å². The molecule has 0 aliphatic carbocycles. The maximum Gasteiger partial charge on any atom is 0.271 e. The van der Waals surface area contributed by atoms with Crippen LogP contribution in [0.4, 0.5) is 4.39 Å². The predicted molar refractivity (Wildman–Crippen MR) is 84.7 cm³/mol. The SMILES string of the molecule is O=C(N[C@H]1CCCNC1)c1csc(Cc2ccc(F)cc2)n1. The Kier molecular flexibility index (Phi) is 4.80. The Morgan fingerprint density at radius 3 is 2.95 bits per heavy atom. The Hall–Kier alpha value is -1.79. The zero-order valence-corrected chi connectivity index (χ0v) is 13.0. The number of benzene rings is 1. The summed E-state index contributed by atoms with van der Waals surface area (Å²) in [5.41, 5.74) is 1.45. The van der Waals surface area contributed by atoms with Crippen molar-refractivity contribution < 1.29 is 9.18 Å². The second-order valence-corrected chi connectivity index (χ2v) is 6.39. The van der Waals surface area contributed by atoms with Crippen LogP contribution in [-0.4, -0.2) is 30.0 Å². The second kappa shape index (κ2) is 6.98. The van der Waals surface area contributed by atoms with E-state index in [-0.39, 0.29) is 17.8 Å². The molecule has 22 heavy (non-hydrogen) atoms. The number of amides is 1. The van der Waals surface area contributed by atoms with Crippen molar-refractivity contribution >= 4 is 17.2 Å². The lowest BCUT2D eigenvalue weighted by molar-refractivity contribution is 0.0926. The van der Waals surface area contributed by atoms with Crippen molar-refractivity contribution in [2.24, 2.45) is 0 Å². The minimum Gasteiger partial charge on any atom is -0.347 e. The van der Waals surface area contributed by atoms with Crippen LogP contribution in [-0.2, 0) is 6.42 Å². The van der Waals surface area contributed by atoms with Crippen molar-refractivity contribution in [3.63, 3.8) is 0 Å². The smallest absolute Gasteiger partial charge is 0.271 e. The van der Waals surface area contributed by atoms with Crippen molar-refractivity contribution in [2.45, 2.75) is 25.3 Å². The van der Waals surface area contributed by atoms with Crippen LogP contribution < -0.4 is 10.6 Å². The van der Waals surface area contributed by atoms with E-state index in [1.807, 2.05) is 0 Å². The summed E-state index contributed by atoms with van der Waals surface area (Å²) in [6, 6.07) is 6.54. The van der Waals surface area contributed by atoms with Crippen LogP contribution in [0, 0.1) is 5.82 Å². The third-order valence-corrected chi connectivity index (χ3v) is 4.53. The van der Waals surface area contributed by atoms with Crippen LogP contribution in [0.3, 0.4) is 0 Å². The standard InChI is InChI=1S/C16H18FN3OS/c17-12-5-3-11(4-6-12)8-15-20-14(10-22-15)16(21)19-13-2-1-7-18-9-13/h3-6,10,13,18H,1-2,7-9H2,(H,19,21)/t13-/m0/s1. The van der Waals surface area contributed by atoms with Crippen LogP contribution in [0.1, 0.15) is 33.9 Å². The van der Waals surface area contributed by atoms with Crippen LogP contribution in [0.15, 0.2) is 29.6 Å². The molecule has 1 aliphatic rings. The number of hydrogen-bond acceptors (Lipinski definition) is 4. The molecule has 6 heteroatoms. The highest BCUT2D eigenvalue weighted by Gasteiger charge is 2.18. The Morgan fingerprint density at radius 1 is 1.41 bits per heavy atom. The molecule has 0 spiro atoms. The summed E-state index contributed by atoms with van der Waals surface area (Å²) in [5.74, 6) is -0.362. The largest absolute Gasteiger partial charge is 0.347 e. The molecule has 2 heterocycles. The van der Waals surface area contributed by atoms with Gasteiger partial charge in [-0.1, -0.05) is 12.1 Å². The topological polar surface area (TPSA) is 54.0 Å². The Bertz CT molecular complexity index is 635. The fourth-order valence-electron chi connectivity index (χ4n) is 2.51. The summed E-state index contributed by atoms with van der Waals surface area (Å²) in [6.07, 6.45) is 2.70. The molecule has 1 aromatic heterocycles. The van der Waals surface area contributed by atoms with Crippen LogP contribution >= 0.6 is 11.3 Å². The van der Waals surface area contributed by atoms with Crippen LogP contribution in [0.2, 0.25) is 0 Å². The fourth-order valence-corrected chi connectivity index (χ4v) is 3.32. The average molecular weight is 319 g/mol. The lowest BCUT2D eigenvalue weighted by atomic mass is 10.1. The number of carbonyl (C=O) groups excluding carboxylic acids is 1. The zero-order chi connectivity index (χ0) is 15.4. The molecule has 3 rings (SSSR count). The molecule has 1 atom stereocenters. The molecule has 1 aliphatic heterocycles. The molecule has 116 valence electrons. The predicted octanol–water partition coefficient (Wildman–Crippen LogP) is 2.35. The molecular weight excluding hydrogens is 301 g/mol. The number of aromatic nitrogens is 1. The number of halogens is 1. The van der Waals surface area contributed by atoms with Gasteiger partial charge in [-0.25, -0.2) is 9.37 Å². The summed E-state index contributed by atoms with van der Waals surface area (Å²) >= 11 is 1.46. The minimum absolute atomic E-state index is 0.115. The fraction of sp³-hybridized carbons (Fsp3) is 0.375. The number of nitrogens with zero attached hydrogens (tertiary/aromatic N) is 1. The van der Waals surface area contributed by atoms with E-state index in [0.29, 0.717) is 12.1 Å². The maximum absolute atomic E-state index is 12.9. The van der Waals surface area contributed by atoms with Gasteiger partial charge in [-0.15, -0.1) is 11.3 Å². The maximum atomic E-state index is 12.9. The summed E-state index contributed by atoms with van der Waals surface area (Å²) in [5, 5.41) is 8.93. The summed E-state index contributed by atoms with van der Waals surface area (Å²) < 4.78 is 12.9. The Balaban J connectivity index is 1.60. The van der Waals surface area contributed by atoms with Crippen molar-refractivity contribution in [1.29, 1.82) is 0 Å². The van der Waals surface area contributed by atoms with E-state index in [0.717, 1.165) is 36.5 Å². The third kappa shape index (κ3) is 3.90. The molecule has 0 saturated carbocycles. The van der Waals surface area contributed by atoms with Crippen molar-refractivity contribution in [2.75, 3.05) is 13.1 Å². The van der Waals surface area contributed by atoms with Gasteiger partial charge >= 0.3 is 0 Å². The zero-order valence-electron chi connectivity index (χ0n) is 12.1. The van der Waals surface area contributed by atoms with Gasteiger partial charge in [0.1, 0.15) is 11.5 Å². The number of thiazole rings is 1. The van der Waals surface area contributed by atoms with E-state index >= 15 is 0 Å². The lowest BCUT2D eigenvalue weighted by Crippen LogP contribution is -2.45. The third-order valence-electron chi connectivity index (χ3n) is 3.69. The highest BCUT2D eigenvalue weighted by molar-refractivity contribution is 7.09. The monoisotopic (exact) mass is 319 g/mol. The van der Waals surface area contributed by atoms with Crippen molar-refractivity contribution in [1.82, 2.24) is 15.6 Å². The molecule has 0 bridgehead atoms. The molecule has 1 saturated heterocycles. The summed E-state index contributed by atoms with van der Waals surface area (Å²) in [4.78, 5) is 16.6. The first kappa shape index (κ1) is 15.1. The number of nitrogens with one attached hydrogen (secondary N) is 2. The quantitative estimate of drug-likeness (QED) is 0.909. The minimum atomic E-state index is -0.246. The van der Waals surface area contributed by atoms with Crippen molar-refractivity contribution in [3.05, 3.63) is 51.7 Å². The molecule has 1 aromatic carbocycles. The van der Waals surface area contributed by atoms with Gasteiger partial charge in [-0.3, -0.25) is 4.79 Å². The Morgan fingerprint density at radius 2 is 2.23 bits per heavy atom. The van der Waals surface area contributed by atoms with Gasteiger partial charge in [0.25, 0.3) is 5.91 Å². The highest BCUT2D eigenvalue weighted by Crippen LogP contribution is 2.15. The lowest BCUT2D eigenvalue weighted by Gasteiger charge is -2.23. The molecule has 2 N–H and O–H groups in total. The van der Waals surface area contributed by atoms with E-state index in [4.69, 9.17) is 0 Å². The molecule has 0 unspecified atom stereocenters.